The average molecular weight is 455 g/mol. The third-order valence-electron chi connectivity index (χ3n) is 3.40. The molecule has 0 aliphatic rings. The number of rotatable bonds is 8. The van der Waals surface area contributed by atoms with Crippen molar-refractivity contribution >= 4 is 39.5 Å². The molecule has 2 amide bonds. The number of amides is 2. The average Bonchev–Trinajstić information content (AvgIpc) is 2.67. The van der Waals surface area contributed by atoms with Crippen molar-refractivity contribution in [2.45, 2.75) is 6.61 Å². The maximum atomic E-state index is 12.6. The van der Waals surface area contributed by atoms with Crippen molar-refractivity contribution in [3.63, 3.8) is 0 Å². The Morgan fingerprint density at radius 2 is 1.89 bits per heavy atom. The molecule has 0 atom stereocenters. The minimum atomic E-state index is -3.04. The number of carbonyl (C=O) groups is 2. The van der Waals surface area contributed by atoms with Crippen LogP contribution in [-0.2, 0) is 9.59 Å². The normalized spacial score (nSPS) is 10.8. The zero-order valence-corrected chi connectivity index (χ0v) is 16.3. The number of methoxy groups -OCH3 is 1. The van der Waals surface area contributed by atoms with Crippen LogP contribution in [0, 0.1) is 0 Å². The first-order valence-electron chi connectivity index (χ1n) is 8.02. The number of hydrogen-bond acceptors (Lipinski definition) is 4. The number of halogens is 3. The number of ether oxygens (including phenoxy) is 2. The fourth-order valence-electron chi connectivity index (χ4n) is 2.17. The Hall–Kier alpha value is -2.94. The van der Waals surface area contributed by atoms with E-state index in [0.29, 0.717) is 5.69 Å². The van der Waals surface area contributed by atoms with Crippen LogP contribution in [0.1, 0.15) is 5.56 Å². The van der Waals surface area contributed by atoms with Crippen molar-refractivity contribution in [2.24, 2.45) is 0 Å². The molecule has 0 fully saturated rings. The van der Waals surface area contributed by atoms with Crippen LogP contribution in [0.5, 0.6) is 11.5 Å². The van der Waals surface area contributed by atoms with Gasteiger partial charge < -0.3 is 20.1 Å². The van der Waals surface area contributed by atoms with Crippen molar-refractivity contribution in [3.05, 3.63) is 58.6 Å². The van der Waals surface area contributed by atoms with Gasteiger partial charge >= 0.3 is 6.61 Å². The van der Waals surface area contributed by atoms with Crippen molar-refractivity contribution in [1.82, 2.24) is 5.32 Å². The second-order valence-electron chi connectivity index (χ2n) is 5.36. The summed E-state index contributed by atoms with van der Waals surface area (Å²) in [7, 11) is 1.32. The van der Waals surface area contributed by atoms with Gasteiger partial charge in [0.15, 0.2) is 11.5 Å². The highest BCUT2D eigenvalue weighted by molar-refractivity contribution is 9.10. The molecule has 2 rings (SSSR count). The van der Waals surface area contributed by atoms with E-state index in [4.69, 9.17) is 4.74 Å². The van der Waals surface area contributed by atoms with Gasteiger partial charge in [0.05, 0.1) is 13.7 Å². The van der Waals surface area contributed by atoms with Crippen LogP contribution in [0.25, 0.3) is 6.08 Å². The monoisotopic (exact) mass is 454 g/mol. The molecule has 0 radical (unpaired) electrons. The molecule has 28 heavy (non-hydrogen) atoms. The Morgan fingerprint density at radius 3 is 2.54 bits per heavy atom. The zero-order valence-electron chi connectivity index (χ0n) is 14.7. The summed E-state index contributed by atoms with van der Waals surface area (Å²) in [4.78, 5) is 23.8. The summed E-state index contributed by atoms with van der Waals surface area (Å²) in [6, 6.07) is 11.5. The highest BCUT2D eigenvalue weighted by atomic mass is 79.9. The largest absolute Gasteiger partial charge is 0.493 e. The number of anilines is 1. The van der Waals surface area contributed by atoms with Gasteiger partial charge in [-0.3, -0.25) is 9.59 Å². The lowest BCUT2D eigenvalue weighted by Crippen LogP contribution is -2.31. The number of carbonyl (C=O) groups excluding carboxylic acids is 2. The van der Waals surface area contributed by atoms with Gasteiger partial charge in [0, 0.05) is 21.8 Å². The standard InChI is InChI=1S/C19H17BrF2N2O4/c1-27-15-4-2-3-12(18(15)28-19(21)22)5-10-16(25)23-11-17(26)24-14-8-6-13(20)7-9-14/h2-10,19H,11H2,1H3,(H,23,25)(H,24,26)/b10-5+. The van der Waals surface area contributed by atoms with Gasteiger partial charge in [0.25, 0.3) is 0 Å². The van der Waals surface area contributed by atoms with Gasteiger partial charge in [0.1, 0.15) is 0 Å². The predicted octanol–water partition coefficient (Wildman–Crippen LogP) is 3.83. The summed E-state index contributed by atoms with van der Waals surface area (Å²) in [6.07, 6.45) is 2.40. The van der Waals surface area contributed by atoms with Gasteiger partial charge in [-0.1, -0.05) is 28.1 Å². The summed E-state index contributed by atoms with van der Waals surface area (Å²) >= 11 is 3.29. The second-order valence-corrected chi connectivity index (χ2v) is 6.28. The molecule has 0 unspecified atom stereocenters. The van der Waals surface area contributed by atoms with Gasteiger partial charge in [-0.15, -0.1) is 0 Å². The van der Waals surface area contributed by atoms with Crippen molar-refractivity contribution in [3.8, 4) is 11.5 Å². The summed E-state index contributed by atoms with van der Waals surface area (Å²) < 4.78 is 35.5. The van der Waals surface area contributed by atoms with Crippen LogP contribution in [0.2, 0.25) is 0 Å². The fourth-order valence-corrected chi connectivity index (χ4v) is 2.43. The van der Waals surface area contributed by atoms with E-state index in [0.717, 1.165) is 10.5 Å². The molecule has 0 spiro atoms. The van der Waals surface area contributed by atoms with E-state index in [9.17, 15) is 18.4 Å². The van der Waals surface area contributed by atoms with Gasteiger partial charge in [0.2, 0.25) is 11.8 Å². The van der Waals surface area contributed by atoms with E-state index in [1.54, 1.807) is 30.3 Å². The van der Waals surface area contributed by atoms with Crippen LogP contribution in [0.15, 0.2) is 53.0 Å². The van der Waals surface area contributed by atoms with Crippen molar-refractivity contribution < 1.29 is 27.8 Å². The SMILES string of the molecule is COc1cccc(/C=C/C(=O)NCC(=O)Nc2ccc(Br)cc2)c1OC(F)F. The molecule has 6 nitrogen and oxygen atoms in total. The Morgan fingerprint density at radius 1 is 1.18 bits per heavy atom. The third-order valence-corrected chi connectivity index (χ3v) is 3.93. The maximum Gasteiger partial charge on any atom is 0.387 e. The Labute approximate surface area is 168 Å². The van der Waals surface area contributed by atoms with Crippen molar-refractivity contribution in [2.75, 3.05) is 19.0 Å². The Balaban J connectivity index is 1.94. The molecule has 0 aliphatic carbocycles. The predicted molar refractivity (Wildman–Crippen MR) is 104 cm³/mol. The molecule has 0 aromatic heterocycles. The first-order chi connectivity index (χ1) is 13.4. The molecule has 148 valence electrons. The molecule has 0 saturated heterocycles. The molecule has 0 aliphatic heterocycles. The zero-order chi connectivity index (χ0) is 20.5. The number of para-hydroxylation sites is 1. The van der Waals surface area contributed by atoms with Crippen LogP contribution in [-0.4, -0.2) is 32.1 Å². The van der Waals surface area contributed by atoms with E-state index in [2.05, 4.69) is 31.3 Å². The van der Waals surface area contributed by atoms with Gasteiger partial charge in [-0.25, -0.2) is 0 Å². The molecule has 2 aromatic rings. The Kier molecular flexibility index (Phi) is 7.94. The molecular formula is C19H17BrF2N2O4. The Bertz CT molecular complexity index is 858. The fraction of sp³-hybridized carbons (Fsp3) is 0.158. The van der Waals surface area contributed by atoms with Gasteiger partial charge in [-0.2, -0.15) is 8.78 Å². The number of alkyl halides is 2. The maximum absolute atomic E-state index is 12.6. The second kappa shape index (κ2) is 10.4. The smallest absolute Gasteiger partial charge is 0.387 e. The lowest BCUT2D eigenvalue weighted by molar-refractivity contribution is -0.121. The molecule has 0 bridgehead atoms. The quantitative estimate of drug-likeness (QED) is 0.594. The minimum absolute atomic E-state index is 0.108. The highest BCUT2D eigenvalue weighted by Crippen LogP contribution is 2.33. The third kappa shape index (κ3) is 6.66. The van der Waals surface area contributed by atoms with E-state index in [1.165, 1.54) is 25.3 Å². The summed E-state index contributed by atoms with van der Waals surface area (Å²) in [5.74, 6) is -1.06. The molecular weight excluding hydrogens is 438 g/mol. The van der Waals surface area contributed by atoms with Crippen LogP contribution < -0.4 is 20.1 Å². The minimum Gasteiger partial charge on any atom is -0.493 e. The summed E-state index contributed by atoms with van der Waals surface area (Å²) in [5.41, 5.74) is 0.817. The summed E-state index contributed by atoms with van der Waals surface area (Å²) in [6.45, 7) is -3.29. The molecule has 0 heterocycles. The van der Waals surface area contributed by atoms with E-state index >= 15 is 0 Å². The van der Waals surface area contributed by atoms with Crippen molar-refractivity contribution in [1.29, 1.82) is 0 Å². The van der Waals surface area contributed by atoms with E-state index in [1.807, 2.05) is 0 Å². The topological polar surface area (TPSA) is 76.7 Å². The lowest BCUT2D eigenvalue weighted by Gasteiger charge is -2.12. The first kappa shape index (κ1) is 21.4. The number of hydrogen-bond donors (Lipinski definition) is 2. The molecule has 2 aromatic carbocycles. The molecule has 9 heteroatoms. The lowest BCUT2D eigenvalue weighted by atomic mass is 10.1. The van der Waals surface area contributed by atoms with Crippen LogP contribution in [0.4, 0.5) is 14.5 Å². The van der Waals surface area contributed by atoms with Gasteiger partial charge in [-0.05, 0) is 36.4 Å². The number of nitrogens with one attached hydrogen (secondary N) is 2. The summed E-state index contributed by atoms with van der Waals surface area (Å²) in [5, 5.41) is 5.03. The molecule has 2 N–H and O–H groups in total. The number of benzene rings is 2. The van der Waals surface area contributed by atoms with E-state index in [-0.39, 0.29) is 23.6 Å². The van der Waals surface area contributed by atoms with Crippen LogP contribution >= 0.6 is 15.9 Å². The first-order valence-corrected chi connectivity index (χ1v) is 8.81. The van der Waals surface area contributed by atoms with E-state index < -0.39 is 18.4 Å². The highest BCUT2D eigenvalue weighted by Gasteiger charge is 2.14. The van der Waals surface area contributed by atoms with Crippen LogP contribution in [0.3, 0.4) is 0 Å². The molecule has 0 saturated carbocycles.